The van der Waals surface area contributed by atoms with Gasteiger partial charge in [-0.25, -0.2) is 0 Å². The number of nitrogens with zero attached hydrogens (tertiary/aromatic N) is 1. The van der Waals surface area contributed by atoms with E-state index >= 15 is 0 Å². The molecule has 90 valence electrons. The van der Waals surface area contributed by atoms with Crippen LogP contribution in [0.1, 0.15) is 26.7 Å². The Bertz CT molecular complexity index is 174. The maximum Gasteiger partial charge on any atom is 0.222 e. The number of ether oxygens (including phenoxy) is 1. The van der Waals surface area contributed by atoms with Gasteiger partial charge in [0.25, 0.3) is 0 Å². The Balaban J connectivity index is 3.82. The SMILES string of the molecule is CCN(CCOC)C(=O)CCC(C)CN. The van der Waals surface area contributed by atoms with Crippen LogP contribution in [0.4, 0.5) is 0 Å². The van der Waals surface area contributed by atoms with Gasteiger partial charge in [0, 0.05) is 26.6 Å². The van der Waals surface area contributed by atoms with Gasteiger partial charge in [0.1, 0.15) is 0 Å². The Morgan fingerprint density at radius 3 is 2.67 bits per heavy atom. The van der Waals surface area contributed by atoms with Crippen molar-refractivity contribution >= 4 is 5.91 Å². The molecule has 0 saturated heterocycles. The Morgan fingerprint density at radius 1 is 1.53 bits per heavy atom. The zero-order valence-electron chi connectivity index (χ0n) is 10.2. The lowest BCUT2D eigenvalue weighted by molar-refractivity contribution is -0.131. The second-order valence-corrected chi connectivity index (χ2v) is 3.85. The molecule has 0 bridgehead atoms. The Hall–Kier alpha value is -0.610. The predicted octanol–water partition coefficient (Wildman–Crippen LogP) is 0.856. The van der Waals surface area contributed by atoms with Crippen LogP contribution in [0.3, 0.4) is 0 Å². The highest BCUT2D eigenvalue weighted by molar-refractivity contribution is 5.76. The van der Waals surface area contributed by atoms with Crippen molar-refractivity contribution in [3.05, 3.63) is 0 Å². The average Bonchev–Trinajstić information content (AvgIpc) is 2.26. The number of hydrogen-bond acceptors (Lipinski definition) is 3. The maximum atomic E-state index is 11.7. The molecule has 0 fully saturated rings. The minimum atomic E-state index is 0.204. The van der Waals surface area contributed by atoms with Gasteiger partial charge in [-0.05, 0) is 25.8 Å². The molecule has 1 unspecified atom stereocenters. The number of rotatable bonds is 8. The van der Waals surface area contributed by atoms with E-state index in [4.69, 9.17) is 10.5 Å². The third-order valence-electron chi connectivity index (χ3n) is 2.55. The first-order valence-corrected chi connectivity index (χ1v) is 5.62. The van der Waals surface area contributed by atoms with E-state index in [-0.39, 0.29) is 5.91 Å². The van der Waals surface area contributed by atoms with Gasteiger partial charge in [-0.3, -0.25) is 4.79 Å². The van der Waals surface area contributed by atoms with E-state index in [0.717, 1.165) is 13.0 Å². The molecule has 0 aromatic rings. The van der Waals surface area contributed by atoms with Gasteiger partial charge in [0.05, 0.1) is 6.61 Å². The molecule has 0 aliphatic rings. The van der Waals surface area contributed by atoms with Gasteiger partial charge >= 0.3 is 0 Å². The fourth-order valence-electron chi connectivity index (χ4n) is 1.31. The topological polar surface area (TPSA) is 55.6 Å². The number of likely N-dealkylation sites (N-methyl/N-ethyl adjacent to an activating group) is 1. The van der Waals surface area contributed by atoms with Crippen molar-refractivity contribution in [3.8, 4) is 0 Å². The summed E-state index contributed by atoms with van der Waals surface area (Å²) < 4.78 is 4.96. The molecule has 4 heteroatoms. The average molecular weight is 216 g/mol. The minimum absolute atomic E-state index is 0.204. The first kappa shape index (κ1) is 14.4. The normalized spacial score (nSPS) is 12.5. The van der Waals surface area contributed by atoms with Crippen molar-refractivity contribution in [2.45, 2.75) is 26.7 Å². The van der Waals surface area contributed by atoms with Crippen LogP contribution < -0.4 is 5.73 Å². The van der Waals surface area contributed by atoms with Crippen LogP contribution in [-0.2, 0) is 9.53 Å². The number of nitrogens with two attached hydrogens (primary N) is 1. The van der Waals surface area contributed by atoms with Crippen molar-refractivity contribution in [2.75, 3.05) is 33.4 Å². The molecular weight excluding hydrogens is 192 g/mol. The number of hydrogen-bond donors (Lipinski definition) is 1. The van der Waals surface area contributed by atoms with E-state index in [1.807, 2.05) is 11.8 Å². The number of carbonyl (C=O) groups is 1. The van der Waals surface area contributed by atoms with Crippen LogP contribution in [-0.4, -0.2) is 44.2 Å². The highest BCUT2D eigenvalue weighted by atomic mass is 16.5. The zero-order chi connectivity index (χ0) is 11.7. The third kappa shape index (κ3) is 6.47. The van der Waals surface area contributed by atoms with Gasteiger partial charge < -0.3 is 15.4 Å². The molecule has 1 atom stereocenters. The molecule has 2 N–H and O–H groups in total. The lowest BCUT2D eigenvalue weighted by atomic mass is 10.1. The van der Waals surface area contributed by atoms with Gasteiger partial charge in [0.15, 0.2) is 0 Å². The molecule has 0 saturated carbocycles. The standard InChI is InChI=1S/C11H24N2O2/c1-4-13(7-8-15-3)11(14)6-5-10(2)9-12/h10H,4-9,12H2,1-3H3. The van der Waals surface area contributed by atoms with Gasteiger partial charge in [-0.1, -0.05) is 6.92 Å². The fourth-order valence-corrected chi connectivity index (χ4v) is 1.31. The van der Waals surface area contributed by atoms with Gasteiger partial charge in [0.2, 0.25) is 5.91 Å². The summed E-state index contributed by atoms with van der Waals surface area (Å²) in [6.45, 7) is 6.74. The lowest BCUT2D eigenvalue weighted by Crippen LogP contribution is -2.34. The smallest absolute Gasteiger partial charge is 0.222 e. The maximum absolute atomic E-state index is 11.7. The summed E-state index contributed by atoms with van der Waals surface area (Å²) in [4.78, 5) is 13.6. The van der Waals surface area contributed by atoms with Gasteiger partial charge in [-0.2, -0.15) is 0 Å². The monoisotopic (exact) mass is 216 g/mol. The summed E-state index contributed by atoms with van der Waals surface area (Å²) in [5.74, 6) is 0.630. The Kier molecular flexibility index (Phi) is 8.33. The molecule has 0 rings (SSSR count). The van der Waals surface area contributed by atoms with E-state index in [1.54, 1.807) is 7.11 Å². The number of methoxy groups -OCH3 is 1. The van der Waals surface area contributed by atoms with E-state index in [9.17, 15) is 4.79 Å². The van der Waals surface area contributed by atoms with Crippen LogP contribution in [0, 0.1) is 5.92 Å². The summed E-state index contributed by atoms with van der Waals surface area (Å²) in [6.07, 6.45) is 1.47. The van der Waals surface area contributed by atoms with Crippen LogP contribution in [0.5, 0.6) is 0 Å². The van der Waals surface area contributed by atoms with Crippen molar-refractivity contribution < 1.29 is 9.53 Å². The summed E-state index contributed by atoms with van der Waals surface area (Å²) in [6, 6.07) is 0. The van der Waals surface area contributed by atoms with Crippen LogP contribution in [0.15, 0.2) is 0 Å². The molecular formula is C11H24N2O2. The summed E-state index contributed by atoms with van der Waals surface area (Å²) in [5.41, 5.74) is 5.50. The molecule has 0 radical (unpaired) electrons. The molecule has 0 aromatic carbocycles. The third-order valence-corrected chi connectivity index (χ3v) is 2.55. The van der Waals surface area contributed by atoms with Crippen LogP contribution in [0.25, 0.3) is 0 Å². The predicted molar refractivity (Wildman–Crippen MR) is 61.6 cm³/mol. The van der Waals surface area contributed by atoms with Crippen molar-refractivity contribution in [1.29, 1.82) is 0 Å². The summed E-state index contributed by atoms with van der Waals surface area (Å²) in [7, 11) is 1.65. The molecule has 0 aliphatic heterocycles. The fraction of sp³-hybridized carbons (Fsp3) is 0.909. The first-order chi connectivity index (χ1) is 7.15. The summed E-state index contributed by atoms with van der Waals surface area (Å²) >= 11 is 0. The molecule has 15 heavy (non-hydrogen) atoms. The minimum Gasteiger partial charge on any atom is -0.383 e. The lowest BCUT2D eigenvalue weighted by Gasteiger charge is -2.21. The van der Waals surface area contributed by atoms with Crippen molar-refractivity contribution in [3.63, 3.8) is 0 Å². The summed E-state index contributed by atoms with van der Waals surface area (Å²) in [5, 5.41) is 0. The van der Waals surface area contributed by atoms with E-state index < -0.39 is 0 Å². The Morgan fingerprint density at radius 2 is 2.20 bits per heavy atom. The van der Waals surface area contributed by atoms with Crippen molar-refractivity contribution in [2.24, 2.45) is 11.7 Å². The highest BCUT2D eigenvalue weighted by Crippen LogP contribution is 2.05. The quantitative estimate of drug-likeness (QED) is 0.654. The van der Waals surface area contributed by atoms with Crippen molar-refractivity contribution in [1.82, 2.24) is 4.90 Å². The second-order valence-electron chi connectivity index (χ2n) is 3.85. The van der Waals surface area contributed by atoms with E-state index in [2.05, 4.69) is 6.92 Å². The number of carbonyl (C=O) groups excluding carboxylic acids is 1. The van der Waals surface area contributed by atoms with E-state index in [1.165, 1.54) is 0 Å². The zero-order valence-corrected chi connectivity index (χ0v) is 10.2. The molecule has 4 nitrogen and oxygen atoms in total. The largest absolute Gasteiger partial charge is 0.383 e. The molecule has 0 heterocycles. The van der Waals surface area contributed by atoms with Crippen LogP contribution in [0.2, 0.25) is 0 Å². The molecule has 0 aromatic heterocycles. The Labute approximate surface area is 92.8 Å². The highest BCUT2D eigenvalue weighted by Gasteiger charge is 2.12. The van der Waals surface area contributed by atoms with Gasteiger partial charge in [-0.15, -0.1) is 0 Å². The first-order valence-electron chi connectivity index (χ1n) is 5.62. The molecule has 0 aliphatic carbocycles. The van der Waals surface area contributed by atoms with Crippen LogP contribution >= 0.6 is 0 Å². The molecule has 0 spiro atoms. The molecule has 1 amide bonds. The second kappa shape index (κ2) is 8.68. The van der Waals surface area contributed by atoms with E-state index in [0.29, 0.717) is 32.0 Å². The number of amides is 1.